The fourth-order valence-corrected chi connectivity index (χ4v) is 5.25. The van der Waals surface area contributed by atoms with Crippen molar-refractivity contribution >= 4 is 21.8 Å². The first kappa shape index (κ1) is 26.9. The van der Waals surface area contributed by atoms with Crippen molar-refractivity contribution in [3.63, 3.8) is 0 Å². The van der Waals surface area contributed by atoms with Crippen LogP contribution < -0.4 is 10.0 Å². The van der Waals surface area contributed by atoms with Gasteiger partial charge >= 0.3 is 6.09 Å². The molecule has 0 saturated carbocycles. The van der Waals surface area contributed by atoms with E-state index in [2.05, 4.69) is 10.0 Å². The van der Waals surface area contributed by atoms with E-state index < -0.39 is 22.2 Å². The normalized spacial score (nSPS) is 12.0. The highest BCUT2D eigenvalue weighted by Crippen LogP contribution is 2.31. The van der Waals surface area contributed by atoms with Gasteiger partial charge in [0.05, 0.1) is 10.9 Å². The number of hydrogen-bond donors (Lipinski definition) is 3. The average molecular weight is 531 g/mol. The molecule has 7 nitrogen and oxygen atoms in total. The standard InChI is InChI=1S/C30H30N2O5S/c1-22-12-16-26(17-13-22)38(35,36)32-28(19-14-23-8-4-2-5-9-23)27-18-15-25(20-29(27)33)31-30(34)37-21-24-10-6-3-7-11-24/h2-13,15-18,20,28,32-33H,14,19,21H2,1H3,(H,31,34)/t28-/m1/s1. The van der Waals surface area contributed by atoms with Crippen LogP contribution in [0.4, 0.5) is 10.5 Å². The van der Waals surface area contributed by atoms with E-state index in [1.54, 1.807) is 36.4 Å². The number of rotatable bonds is 10. The van der Waals surface area contributed by atoms with Gasteiger partial charge in [0.2, 0.25) is 10.0 Å². The Morgan fingerprint density at radius 1 is 0.868 bits per heavy atom. The number of amides is 1. The molecule has 0 aromatic heterocycles. The minimum atomic E-state index is -3.86. The Morgan fingerprint density at radius 3 is 2.13 bits per heavy atom. The molecule has 0 fully saturated rings. The Hall–Kier alpha value is -4.14. The van der Waals surface area contributed by atoms with Crippen molar-refractivity contribution < 1.29 is 23.1 Å². The molecular formula is C30H30N2O5S. The van der Waals surface area contributed by atoms with Crippen molar-refractivity contribution in [2.75, 3.05) is 5.32 Å². The second-order valence-electron chi connectivity index (χ2n) is 8.97. The summed E-state index contributed by atoms with van der Waals surface area (Å²) in [7, 11) is -3.86. The molecule has 4 aromatic carbocycles. The van der Waals surface area contributed by atoms with E-state index in [-0.39, 0.29) is 17.3 Å². The fourth-order valence-electron chi connectivity index (χ4n) is 4.00. The first-order valence-electron chi connectivity index (χ1n) is 12.2. The third-order valence-electron chi connectivity index (χ3n) is 6.06. The smallest absolute Gasteiger partial charge is 0.411 e. The summed E-state index contributed by atoms with van der Waals surface area (Å²) in [5, 5.41) is 13.5. The SMILES string of the molecule is Cc1ccc(S(=O)(=O)N[C@H](CCc2ccccc2)c2ccc(NC(=O)OCc3ccccc3)cc2O)cc1. The number of aryl methyl sites for hydroxylation is 2. The average Bonchev–Trinajstić information content (AvgIpc) is 2.91. The summed E-state index contributed by atoms with van der Waals surface area (Å²) in [5.41, 5.74) is 3.58. The topological polar surface area (TPSA) is 105 Å². The van der Waals surface area contributed by atoms with Crippen LogP contribution in [0.25, 0.3) is 0 Å². The number of anilines is 1. The van der Waals surface area contributed by atoms with Crippen LogP contribution in [0.5, 0.6) is 5.75 Å². The molecular weight excluding hydrogens is 500 g/mol. The van der Waals surface area contributed by atoms with Gasteiger partial charge in [-0.3, -0.25) is 5.32 Å². The van der Waals surface area contributed by atoms with Gasteiger partial charge in [0.1, 0.15) is 12.4 Å². The lowest BCUT2D eigenvalue weighted by Gasteiger charge is -2.21. The molecule has 1 atom stereocenters. The van der Waals surface area contributed by atoms with E-state index in [1.165, 1.54) is 6.07 Å². The Balaban J connectivity index is 1.51. The number of nitrogens with one attached hydrogen (secondary N) is 2. The van der Waals surface area contributed by atoms with Crippen LogP contribution in [-0.4, -0.2) is 19.6 Å². The van der Waals surface area contributed by atoms with Crippen LogP contribution in [0.1, 0.15) is 34.7 Å². The number of sulfonamides is 1. The van der Waals surface area contributed by atoms with Crippen LogP contribution in [0.3, 0.4) is 0 Å². The number of aromatic hydroxyl groups is 1. The molecule has 0 aliphatic heterocycles. The maximum absolute atomic E-state index is 13.2. The third kappa shape index (κ3) is 7.44. The van der Waals surface area contributed by atoms with E-state index in [1.807, 2.05) is 67.6 Å². The van der Waals surface area contributed by atoms with E-state index in [0.717, 1.165) is 16.7 Å². The van der Waals surface area contributed by atoms with E-state index in [0.29, 0.717) is 24.1 Å². The van der Waals surface area contributed by atoms with E-state index in [4.69, 9.17) is 4.74 Å². The van der Waals surface area contributed by atoms with Crippen LogP contribution in [-0.2, 0) is 27.8 Å². The van der Waals surface area contributed by atoms with Crippen LogP contribution >= 0.6 is 0 Å². The van der Waals surface area contributed by atoms with Crippen molar-refractivity contribution in [1.29, 1.82) is 0 Å². The number of phenols is 1. The molecule has 0 bridgehead atoms. The van der Waals surface area contributed by atoms with Crippen molar-refractivity contribution in [1.82, 2.24) is 4.72 Å². The van der Waals surface area contributed by atoms with E-state index in [9.17, 15) is 18.3 Å². The van der Waals surface area contributed by atoms with Crippen LogP contribution in [0.15, 0.2) is 108 Å². The van der Waals surface area contributed by atoms with Crippen molar-refractivity contribution in [3.05, 3.63) is 125 Å². The molecule has 0 spiro atoms. The zero-order valence-electron chi connectivity index (χ0n) is 21.0. The van der Waals surface area contributed by atoms with Gasteiger partial charge in [-0.1, -0.05) is 84.4 Å². The Morgan fingerprint density at radius 2 is 1.50 bits per heavy atom. The molecule has 8 heteroatoms. The molecule has 4 rings (SSSR count). The lowest BCUT2D eigenvalue weighted by Crippen LogP contribution is -2.29. The number of phenolic OH excluding ortho intramolecular Hbond substituents is 1. The maximum atomic E-state index is 13.2. The van der Waals surface area contributed by atoms with Gasteiger partial charge in [0.25, 0.3) is 0 Å². The molecule has 38 heavy (non-hydrogen) atoms. The summed E-state index contributed by atoms with van der Waals surface area (Å²) in [4.78, 5) is 12.4. The molecule has 1 amide bonds. The van der Waals surface area contributed by atoms with Gasteiger partial charge in [-0.2, -0.15) is 0 Å². The monoisotopic (exact) mass is 530 g/mol. The maximum Gasteiger partial charge on any atom is 0.411 e. The predicted octanol–water partition coefficient (Wildman–Crippen LogP) is 6.10. The first-order valence-corrected chi connectivity index (χ1v) is 13.7. The van der Waals surface area contributed by atoms with Gasteiger partial charge in [-0.25, -0.2) is 17.9 Å². The third-order valence-corrected chi connectivity index (χ3v) is 7.55. The lowest BCUT2D eigenvalue weighted by molar-refractivity contribution is 0.155. The lowest BCUT2D eigenvalue weighted by atomic mass is 9.98. The van der Waals surface area contributed by atoms with Crippen LogP contribution in [0.2, 0.25) is 0 Å². The second kappa shape index (κ2) is 12.4. The minimum absolute atomic E-state index is 0.110. The highest BCUT2D eigenvalue weighted by Gasteiger charge is 2.24. The molecule has 0 aliphatic rings. The number of hydrogen-bond acceptors (Lipinski definition) is 5. The number of carbonyl (C=O) groups excluding carboxylic acids is 1. The molecule has 0 unspecified atom stereocenters. The zero-order chi connectivity index (χ0) is 27.0. The summed E-state index contributed by atoms with van der Waals surface area (Å²) in [5.74, 6) is -0.143. The Labute approximate surface area is 223 Å². The molecule has 3 N–H and O–H groups in total. The number of benzene rings is 4. The summed E-state index contributed by atoms with van der Waals surface area (Å²) >= 11 is 0. The quantitative estimate of drug-likeness (QED) is 0.230. The molecule has 0 saturated heterocycles. The summed E-state index contributed by atoms with van der Waals surface area (Å²) in [6.45, 7) is 2.00. The molecule has 4 aromatic rings. The second-order valence-corrected chi connectivity index (χ2v) is 10.7. The molecule has 0 heterocycles. The summed E-state index contributed by atoms with van der Waals surface area (Å²) in [6.07, 6.45) is 0.337. The molecule has 196 valence electrons. The summed E-state index contributed by atoms with van der Waals surface area (Å²) < 4.78 is 34.4. The molecule has 0 radical (unpaired) electrons. The van der Waals surface area contributed by atoms with Crippen LogP contribution in [0, 0.1) is 6.92 Å². The van der Waals surface area contributed by atoms with Crippen molar-refractivity contribution in [2.24, 2.45) is 0 Å². The van der Waals surface area contributed by atoms with Crippen molar-refractivity contribution in [3.8, 4) is 5.75 Å². The van der Waals surface area contributed by atoms with Gasteiger partial charge in [0.15, 0.2) is 0 Å². The highest BCUT2D eigenvalue weighted by molar-refractivity contribution is 7.89. The highest BCUT2D eigenvalue weighted by atomic mass is 32.2. The zero-order valence-corrected chi connectivity index (χ0v) is 21.8. The van der Waals surface area contributed by atoms with E-state index >= 15 is 0 Å². The van der Waals surface area contributed by atoms with Gasteiger partial charge in [-0.15, -0.1) is 0 Å². The number of ether oxygens (including phenoxy) is 1. The Bertz CT molecular complexity index is 1460. The predicted molar refractivity (Wildman–Crippen MR) is 147 cm³/mol. The first-order chi connectivity index (χ1) is 18.3. The van der Waals surface area contributed by atoms with Gasteiger partial charge in [-0.05, 0) is 49.1 Å². The largest absolute Gasteiger partial charge is 0.508 e. The fraction of sp³-hybridized carbons (Fsp3) is 0.167. The van der Waals surface area contributed by atoms with Gasteiger partial charge in [0, 0.05) is 17.3 Å². The van der Waals surface area contributed by atoms with Crippen molar-refractivity contribution in [2.45, 2.75) is 37.3 Å². The van der Waals surface area contributed by atoms with Gasteiger partial charge < -0.3 is 9.84 Å². The minimum Gasteiger partial charge on any atom is -0.508 e. The molecule has 0 aliphatic carbocycles. The number of carbonyl (C=O) groups is 1. The Kier molecular flexibility index (Phi) is 8.78. The summed E-state index contributed by atoms with van der Waals surface area (Å²) in [6, 6.07) is 29.5.